The van der Waals surface area contributed by atoms with Crippen molar-refractivity contribution in [2.45, 2.75) is 32.6 Å². The zero-order valence-electron chi connectivity index (χ0n) is 13.8. The van der Waals surface area contributed by atoms with E-state index < -0.39 is 0 Å². The summed E-state index contributed by atoms with van der Waals surface area (Å²) >= 11 is 5.23. The van der Waals surface area contributed by atoms with E-state index in [9.17, 15) is 9.59 Å². The van der Waals surface area contributed by atoms with Gasteiger partial charge < -0.3 is 15.4 Å². The molecule has 1 aromatic carbocycles. The summed E-state index contributed by atoms with van der Waals surface area (Å²) in [6.45, 7) is 4.13. The number of carbonyl (C=O) groups is 2. The van der Waals surface area contributed by atoms with Gasteiger partial charge >= 0.3 is 0 Å². The second-order valence-electron chi connectivity index (χ2n) is 5.45. The topological polar surface area (TPSA) is 70.7 Å². The van der Waals surface area contributed by atoms with Crippen LogP contribution in [-0.2, 0) is 14.3 Å². The van der Waals surface area contributed by atoms with Crippen LogP contribution in [0.4, 0.5) is 11.4 Å². The van der Waals surface area contributed by atoms with Crippen LogP contribution in [0.25, 0.3) is 0 Å². The van der Waals surface area contributed by atoms with Gasteiger partial charge in [0.15, 0.2) is 5.11 Å². The largest absolute Gasteiger partial charge is 0.382 e. The number of piperidine rings is 1. The number of ether oxygens (including phenoxy) is 1. The SMILES string of the molecule is CCOCCCNC(=S)Nc1ccc(N2C(=O)CCCC2=O)cc1. The Labute approximate surface area is 147 Å². The van der Waals surface area contributed by atoms with Gasteiger partial charge in [-0.1, -0.05) is 0 Å². The molecule has 1 heterocycles. The van der Waals surface area contributed by atoms with Gasteiger partial charge in [0.05, 0.1) is 5.69 Å². The van der Waals surface area contributed by atoms with E-state index in [0.29, 0.717) is 36.7 Å². The first-order valence-electron chi connectivity index (χ1n) is 8.20. The second kappa shape index (κ2) is 9.34. The Morgan fingerprint density at radius 2 is 1.88 bits per heavy atom. The van der Waals surface area contributed by atoms with Gasteiger partial charge in [0.25, 0.3) is 0 Å². The lowest BCUT2D eigenvalue weighted by Crippen LogP contribution is -2.40. The number of amides is 2. The monoisotopic (exact) mass is 349 g/mol. The average molecular weight is 349 g/mol. The minimum Gasteiger partial charge on any atom is -0.382 e. The molecule has 130 valence electrons. The molecule has 7 heteroatoms. The molecule has 1 fully saturated rings. The van der Waals surface area contributed by atoms with Gasteiger partial charge in [-0.3, -0.25) is 14.5 Å². The summed E-state index contributed by atoms with van der Waals surface area (Å²) in [7, 11) is 0. The summed E-state index contributed by atoms with van der Waals surface area (Å²) in [5.74, 6) is -0.281. The van der Waals surface area contributed by atoms with Gasteiger partial charge in [0, 0.05) is 38.3 Å². The number of anilines is 2. The van der Waals surface area contributed by atoms with E-state index in [0.717, 1.165) is 25.3 Å². The molecule has 1 aromatic rings. The molecule has 2 N–H and O–H groups in total. The Kier molecular flexibility index (Phi) is 7.14. The molecule has 0 radical (unpaired) electrons. The number of rotatable bonds is 7. The fourth-order valence-corrected chi connectivity index (χ4v) is 2.65. The molecule has 2 rings (SSSR count). The van der Waals surface area contributed by atoms with Crippen LogP contribution in [0.3, 0.4) is 0 Å². The maximum atomic E-state index is 11.9. The lowest BCUT2D eigenvalue weighted by molar-refractivity contribution is -0.129. The fourth-order valence-electron chi connectivity index (χ4n) is 2.43. The first kappa shape index (κ1) is 18.4. The number of nitrogens with zero attached hydrogens (tertiary/aromatic N) is 1. The highest BCUT2D eigenvalue weighted by atomic mass is 32.1. The molecular weight excluding hydrogens is 326 g/mol. The van der Waals surface area contributed by atoms with E-state index in [4.69, 9.17) is 17.0 Å². The van der Waals surface area contributed by atoms with Gasteiger partial charge in [-0.2, -0.15) is 0 Å². The van der Waals surface area contributed by atoms with Crippen LogP contribution in [0.5, 0.6) is 0 Å². The van der Waals surface area contributed by atoms with Gasteiger partial charge in [0.1, 0.15) is 0 Å². The van der Waals surface area contributed by atoms with Crippen molar-refractivity contribution in [3.63, 3.8) is 0 Å². The van der Waals surface area contributed by atoms with Crippen LogP contribution in [-0.4, -0.2) is 36.7 Å². The molecule has 0 atom stereocenters. The molecule has 0 aromatic heterocycles. The van der Waals surface area contributed by atoms with Crippen molar-refractivity contribution in [3.05, 3.63) is 24.3 Å². The van der Waals surface area contributed by atoms with Gasteiger partial charge in [-0.05, 0) is 56.2 Å². The third-order valence-corrected chi connectivity index (χ3v) is 3.86. The van der Waals surface area contributed by atoms with Crippen molar-refractivity contribution in [2.24, 2.45) is 0 Å². The fraction of sp³-hybridized carbons (Fsp3) is 0.471. The molecule has 1 aliphatic rings. The Balaban J connectivity index is 1.84. The van der Waals surface area contributed by atoms with Crippen molar-refractivity contribution in [3.8, 4) is 0 Å². The van der Waals surface area contributed by atoms with Crippen LogP contribution < -0.4 is 15.5 Å². The first-order chi connectivity index (χ1) is 11.6. The quantitative estimate of drug-likeness (QED) is 0.448. The molecule has 2 amide bonds. The number of hydrogen-bond acceptors (Lipinski definition) is 4. The third kappa shape index (κ3) is 5.28. The average Bonchev–Trinajstić information content (AvgIpc) is 2.56. The lowest BCUT2D eigenvalue weighted by Gasteiger charge is -2.25. The van der Waals surface area contributed by atoms with Crippen LogP contribution in [0, 0.1) is 0 Å². The van der Waals surface area contributed by atoms with Crippen molar-refractivity contribution in [1.82, 2.24) is 5.32 Å². The number of hydrogen-bond donors (Lipinski definition) is 2. The summed E-state index contributed by atoms with van der Waals surface area (Å²) in [4.78, 5) is 25.1. The summed E-state index contributed by atoms with van der Waals surface area (Å²) in [6, 6.07) is 7.11. The minimum atomic E-state index is -0.140. The van der Waals surface area contributed by atoms with E-state index >= 15 is 0 Å². The highest BCUT2D eigenvalue weighted by Gasteiger charge is 2.27. The predicted octanol–water partition coefficient (Wildman–Crippen LogP) is 2.44. The van der Waals surface area contributed by atoms with Crippen LogP contribution in [0.2, 0.25) is 0 Å². The number of benzene rings is 1. The van der Waals surface area contributed by atoms with Crippen LogP contribution >= 0.6 is 12.2 Å². The van der Waals surface area contributed by atoms with Gasteiger partial charge in [-0.15, -0.1) is 0 Å². The van der Waals surface area contributed by atoms with E-state index in [1.807, 2.05) is 6.92 Å². The van der Waals surface area contributed by atoms with E-state index in [-0.39, 0.29) is 11.8 Å². The van der Waals surface area contributed by atoms with Crippen LogP contribution in [0.1, 0.15) is 32.6 Å². The zero-order valence-corrected chi connectivity index (χ0v) is 14.7. The Morgan fingerprint density at radius 3 is 2.50 bits per heavy atom. The maximum Gasteiger partial charge on any atom is 0.233 e. The number of imide groups is 1. The van der Waals surface area contributed by atoms with Gasteiger partial charge in [0.2, 0.25) is 11.8 Å². The highest BCUT2D eigenvalue weighted by molar-refractivity contribution is 7.80. The molecule has 0 bridgehead atoms. The molecule has 0 saturated carbocycles. The summed E-state index contributed by atoms with van der Waals surface area (Å²) in [6.07, 6.45) is 2.35. The third-order valence-electron chi connectivity index (χ3n) is 3.62. The van der Waals surface area contributed by atoms with E-state index in [1.165, 1.54) is 4.90 Å². The Hall–Kier alpha value is -1.99. The zero-order chi connectivity index (χ0) is 17.4. The Morgan fingerprint density at radius 1 is 1.21 bits per heavy atom. The lowest BCUT2D eigenvalue weighted by atomic mass is 10.1. The number of carbonyl (C=O) groups excluding carboxylic acids is 2. The molecule has 0 unspecified atom stereocenters. The van der Waals surface area contributed by atoms with Crippen molar-refractivity contribution < 1.29 is 14.3 Å². The molecular formula is C17H23N3O3S. The highest BCUT2D eigenvalue weighted by Crippen LogP contribution is 2.23. The molecule has 0 aliphatic carbocycles. The van der Waals surface area contributed by atoms with E-state index in [1.54, 1.807) is 24.3 Å². The second-order valence-corrected chi connectivity index (χ2v) is 5.86. The number of nitrogens with one attached hydrogen (secondary N) is 2. The predicted molar refractivity (Wildman–Crippen MR) is 98.1 cm³/mol. The molecule has 6 nitrogen and oxygen atoms in total. The molecule has 1 aliphatic heterocycles. The summed E-state index contributed by atoms with van der Waals surface area (Å²) < 4.78 is 5.26. The molecule has 0 spiro atoms. The standard InChI is InChI=1S/C17H23N3O3S/c1-2-23-12-4-11-18-17(24)19-13-7-9-14(10-8-13)20-15(21)5-3-6-16(20)22/h7-10H,2-6,11-12H2,1H3,(H2,18,19,24). The minimum absolute atomic E-state index is 0.140. The Bertz CT molecular complexity index is 573. The summed E-state index contributed by atoms with van der Waals surface area (Å²) in [5, 5.41) is 6.71. The van der Waals surface area contributed by atoms with E-state index in [2.05, 4.69) is 10.6 Å². The normalized spacial score (nSPS) is 14.6. The van der Waals surface area contributed by atoms with Crippen LogP contribution in [0.15, 0.2) is 24.3 Å². The van der Waals surface area contributed by atoms with Gasteiger partial charge in [-0.25, -0.2) is 0 Å². The number of thiocarbonyl (C=S) groups is 1. The van der Waals surface area contributed by atoms with Crippen molar-refractivity contribution >= 4 is 40.5 Å². The molecule has 24 heavy (non-hydrogen) atoms. The smallest absolute Gasteiger partial charge is 0.233 e. The summed E-state index contributed by atoms with van der Waals surface area (Å²) in [5.41, 5.74) is 1.41. The molecule has 1 saturated heterocycles. The van der Waals surface area contributed by atoms with Crippen molar-refractivity contribution in [1.29, 1.82) is 0 Å². The van der Waals surface area contributed by atoms with Crippen molar-refractivity contribution in [2.75, 3.05) is 30.0 Å². The maximum absolute atomic E-state index is 11.9. The first-order valence-corrected chi connectivity index (χ1v) is 8.61.